The normalized spacial score (nSPS) is 12.3. The first kappa shape index (κ1) is 12.6. The molecule has 0 bridgehead atoms. The van der Waals surface area contributed by atoms with E-state index in [4.69, 9.17) is 5.73 Å². The first-order valence-electron chi connectivity index (χ1n) is 6.17. The van der Waals surface area contributed by atoms with Gasteiger partial charge in [0.15, 0.2) is 0 Å². The SMILES string of the molecule is CCc1cnccc1C(N)Cc1ccc(O)cc1. The molecule has 1 heterocycles. The third kappa shape index (κ3) is 2.87. The number of pyridine rings is 1. The molecule has 1 aromatic carbocycles. The third-order valence-electron chi connectivity index (χ3n) is 3.11. The smallest absolute Gasteiger partial charge is 0.115 e. The second kappa shape index (κ2) is 5.65. The summed E-state index contributed by atoms with van der Waals surface area (Å²) in [6.45, 7) is 2.10. The summed E-state index contributed by atoms with van der Waals surface area (Å²) in [4.78, 5) is 4.13. The van der Waals surface area contributed by atoms with E-state index in [9.17, 15) is 5.11 Å². The van der Waals surface area contributed by atoms with Gasteiger partial charge in [0, 0.05) is 18.4 Å². The van der Waals surface area contributed by atoms with Crippen molar-refractivity contribution in [2.45, 2.75) is 25.8 Å². The highest BCUT2D eigenvalue weighted by molar-refractivity contribution is 5.31. The number of rotatable bonds is 4. The van der Waals surface area contributed by atoms with Gasteiger partial charge in [-0.15, -0.1) is 0 Å². The summed E-state index contributed by atoms with van der Waals surface area (Å²) in [6, 6.07) is 9.14. The molecule has 0 saturated heterocycles. The lowest BCUT2D eigenvalue weighted by molar-refractivity contribution is 0.475. The minimum absolute atomic E-state index is 0.0347. The van der Waals surface area contributed by atoms with Gasteiger partial charge in [-0.3, -0.25) is 4.98 Å². The van der Waals surface area contributed by atoms with Gasteiger partial charge in [-0.2, -0.15) is 0 Å². The number of aromatic hydroxyl groups is 1. The Morgan fingerprint density at radius 1 is 1.22 bits per heavy atom. The van der Waals surface area contributed by atoms with Crippen LogP contribution in [0.3, 0.4) is 0 Å². The van der Waals surface area contributed by atoms with Crippen LogP contribution in [0, 0.1) is 0 Å². The number of nitrogens with two attached hydrogens (primary N) is 1. The molecule has 0 fully saturated rings. The minimum atomic E-state index is -0.0347. The molecule has 3 nitrogen and oxygen atoms in total. The summed E-state index contributed by atoms with van der Waals surface area (Å²) in [6.07, 6.45) is 5.36. The van der Waals surface area contributed by atoms with E-state index in [1.54, 1.807) is 18.3 Å². The molecule has 0 saturated carbocycles. The fourth-order valence-electron chi connectivity index (χ4n) is 2.09. The Labute approximate surface area is 107 Å². The Morgan fingerprint density at radius 2 is 1.94 bits per heavy atom. The number of nitrogens with zero attached hydrogens (tertiary/aromatic N) is 1. The minimum Gasteiger partial charge on any atom is -0.508 e. The molecule has 3 N–H and O–H groups in total. The molecule has 0 aliphatic carbocycles. The van der Waals surface area contributed by atoms with Crippen LogP contribution in [-0.4, -0.2) is 10.1 Å². The highest BCUT2D eigenvalue weighted by atomic mass is 16.3. The molecule has 2 rings (SSSR count). The molecule has 0 radical (unpaired) electrons. The molecule has 0 amide bonds. The Morgan fingerprint density at radius 3 is 2.61 bits per heavy atom. The zero-order chi connectivity index (χ0) is 13.0. The topological polar surface area (TPSA) is 59.1 Å². The van der Waals surface area contributed by atoms with Crippen molar-refractivity contribution in [3.05, 3.63) is 59.4 Å². The quantitative estimate of drug-likeness (QED) is 0.866. The Kier molecular flexibility index (Phi) is 3.95. The van der Waals surface area contributed by atoms with Crippen molar-refractivity contribution >= 4 is 0 Å². The lowest BCUT2D eigenvalue weighted by Gasteiger charge is -2.15. The maximum absolute atomic E-state index is 9.25. The van der Waals surface area contributed by atoms with E-state index in [-0.39, 0.29) is 11.8 Å². The van der Waals surface area contributed by atoms with E-state index in [0.717, 1.165) is 24.0 Å². The van der Waals surface area contributed by atoms with Crippen LogP contribution in [0.4, 0.5) is 0 Å². The molecular formula is C15H18N2O. The predicted octanol–water partition coefficient (Wildman–Crippen LogP) is 2.59. The molecule has 0 aliphatic rings. The Balaban J connectivity index is 2.16. The summed E-state index contributed by atoms with van der Waals surface area (Å²) in [5, 5.41) is 9.25. The second-order valence-corrected chi connectivity index (χ2v) is 4.41. The first-order chi connectivity index (χ1) is 8.70. The Bertz CT molecular complexity index is 508. The number of hydrogen-bond donors (Lipinski definition) is 2. The van der Waals surface area contributed by atoms with Crippen LogP contribution in [0.15, 0.2) is 42.7 Å². The van der Waals surface area contributed by atoms with Crippen molar-refractivity contribution in [3.8, 4) is 5.75 Å². The van der Waals surface area contributed by atoms with Crippen LogP contribution in [0.1, 0.15) is 29.7 Å². The van der Waals surface area contributed by atoms with Crippen LogP contribution < -0.4 is 5.73 Å². The average molecular weight is 242 g/mol. The molecule has 0 aliphatic heterocycles. The number of phenols is 1. The van der Waals surface area contributed by atoms with Crippen LogP contribution >= 0.6 is 0 Å². The van der Waals surface area contributed by atoms with E-state index in [1.807, 2.05) is 24.4 Å². The molecular weight excluding hydrogens is 224 g/mol. The van der Waals surface area contributed by atoms with Gasteiger partial charge in [0.05, 0.1) is 0 Å². The van der Waals surface area contributed by atoms with Gasteiger partial charge in [-0.1, -0.05) is 19.1 Å². The fraction of sp³-hybridized carbons (Fsp3) is 0.267. The van der Waals surface area contributed by atoms with Crippen molar-refractivity contribution < 1.29 is 5.11 Å². The number of hydrogen-bond acceptors (Lipinski definition) is 3. The van der Waals surface area contributed by atoms with E-state index >= 15 is 0 Å². The number of aromatic nitrogens is 1. The van der Waals surface area contributed by atoms with Gasteiger partial charge in [-0.25, -0.2) is 0 Å². The lowest BCUT2D eigenvalue weighted by Crippen LogP contribution is -2.15. The molecule has 1 atom stereocenters. The molecule has 0 spiro atoms. The van der Waals surface area contributed by atoms with E-state index in [2.05, 4.69) is 11.9 Å². The van der Waals surface area contributed by atoms with Crippen molar-refractivity contribution in [2.24, 2.45) is 5.73 Å². The molecule has 18 heavy (non-hydrogen) atoms. The second-order valence-electron chi connectivity index (χ2n) is 4.41. The fourth-order valence-corrected chi connectivity index (χ4v) is 2.09. The van der Waals surface area contributed by atoms with Crippen molar-refractivity contribution in [1.82, 2.24) is 4.98 Å². The third-order valence-corrected chi connectivity index (χ3v) is 3.11. The van der Waals surface area contributed by atoms with Gasteiger partial charge in [0.2, 0.25) is 0 Å². The number of benzene rings is 1. The summed E-state index contributed by atoms with van der Waals surface area (Å²) in [5.74, 6) is 0.283. The molecule has 3 heteroatoms. The van der Waals surface area contributed by atoms with E-state index in [1.165, 1.54) is 5.56 Å². The van der Waals surface area contributed by atoms with Gasteiger partial charge in [-0.05, 0) is 47.7 Å². The highest BCUT2D eigenvalue weighted by Gasteiger charge is 2.10. The maximum Gasteiger partial charge on any atom is 0.115 e. The highest BCUT2D eigenvalue weighted by Crippen LogP contribution is 2.20. The summed E-state index contributed by atoms with van der Waals surface area (Å²) >= 11 is 0. The van der Waals surface area contributed by atoms with Crippen molar-refractivity contribution in [2.75, 3.05) is 0 Å². The zero-order valence-corrected chi connectivity index (χ0v) is 10.5. The molecule has 2 aromatic rings. The first-order valence-corrected chi connectivity index (χ1v) is 6.17. The van der Waals surface area contributed by atoms with Gasteiger partial charge in [0.25, 0.3) is 0 Å². The zero-order valence-electron chi connectivity index (χ0n) is 10.5. The lowest BCUT2D eigenvalue weighted by atomic mass is 9.96. The van der Waals surface area contributed by atoms with Crippen LogP contribution in [-0.2, 0) is 12.8 Å². The van der Waals surface area contributed by atoms with Gasteiger partial charge in [0.1, 0.15) is 5.75 Å². The monoisotopic (exact) mass is 242 g/mol. The summed E-state index contributed by atoms with van der Waals surface area (Å²) in [7, 11) is 0. The number of phenolic OH excluding ortho intramolecular Hbond substituents is 1. The van der Waals surface area contributed by atoms with Crippen LogP contribution in [0.5, 0.6) is 5.75 Å². The summed E-state index contributed by atoms with van der Waals surface area (Å²) in [5.41, 5.74) is 9.73. The predicted molar refractivity (Wildman–Crippen MR) is 72.4 cm³/mol. The average Bonchev–Trinajstić information content (AvgIpc) is 2.41. The van der Waals surface area contributed by atoms with Crippen LogP contribution in [0.2, 0.25) is 0 Å². The largest absolute Gasteiger partial charge is 0.508 e. The molecule has 94 valence electrons. The Hall–Kier alpha value is -1.87. The molecule has 1 unspecified atom stereocenters. The summed E-state index contributed by atoms with van der Waals surface area (Å²) < 4.78 is 0. The maximum atomic E-state index is 9.25. The van der Waals surface area contributed by atoms with Gasteiger partial charge >= 0.3 is 0 Å². The van der Waals surface area contributed by atoms with Crippen molar-refractivity contribution in [3.63, 3.8) is 0 Å². The molecule has 1 aromatic heterocycles. The van der Waals surface area contributed by atoms with Crippen LogP contribution in [0.25, 0.3) is 0 Å². The standard InChI is InChI=1S/C15H18N2O/c1-2-12-10-17-8-7-14(12)15(16)9-11-3-5-13(18)6-4-11/h3-8,10,15,18H,2,9,16H2,1H3. The van der Waals surface area contributed by atoms with E-state index < -0.39 is 0 Å². The van der Waals surface area contributed by atoms with Gasteiger partial charge < -0.3 is 10.8 Å². The van der Waals surface area contributed by atoms with E-state index in [0.29, 0.717) is 0 Å². The van der Waals surface area contributed by atoms with Crippen molar-refractivity contribution in [1.29, 1.82) is 0 Å². The number of aryl methyl sites for hydroxylation is 1.